The van der Waals surface area contributed by atoms with Gasteiger partial charge in [-0.05, 0) is 17.7 Å². The number of benzene rings is 1. The third-order valence-corrected chi connectivity index (χ3v) is 3.12. The minimum Gasteiger partial charge on any atom is -0.383 e. The Balaban J connectivity index is 2.67. The third-order valence-electron chi connectivity index (χ3n) is 2.89. The van der Waals surface area contributed by atoms with Crippen molar-refractivity contribution in [3.63, 3.8) is 0 Å². The van der Waals surface area contributed by atoms with Gasteiger partial charge < -0.3 is 19.7 Å². The molecule has 0 aliphatic carbocycles. The van der Waals surface area contributed by atoms with Gasteiger partial charge in [-0.1, -0.05) is 17.7 Å². The lowest BCUT2D eigenvalue weighted by molar-refractivity contribution is 0.199. The Morgan fingerprint density at radius 2 is 1.95 bits per heavy atom. The number of anilines is 1. The molecule has 0 unspecified atom stereocenters. The summed E-state index contributed by atoms with van der Waals surface area (Å²) in [6, 6.07) is 5.97. The Labute approximate surface area is 120 Å². The Bertz CT molecular complexity index is 374. The van der Waals surface area contributed by atoms with Gasteiger partial charge in [0.1, 0.15) is 0 Å². The molecule has 4 nitrogen and oxygen atoms in total. The molecule has 0 bridgehead atoms. The van der Waals surface area contributed by atoms with Crippen molar-refractivity contribution in [1.29, 1.82) is 0 Å². The van der Waals surface area contributed by atoms with Gasteiger partial charge in [-0.15, -0.1) is 0 Å². The number of ether oxygens (including phenoxy) is 2. The fraction of sp³-hybridized carbons (Fsp3) is 0.571. The summed E-state index contributed by atoms with van der Waals surface area (Å²) in [5.41, 5.74) is 2.36. The van der Waals surface area contributed by atoms with Crippen molar-refractivity contribution in [2.45, 2.75) is 6.54 Å². The first-order valence-electron chi connectivity index (χ1n) is 6.37. The van der Waals surface area contributed by atoms with Crippen LogP contribution >= 0.6 is 11.6 Å². The second-order valence-electron chi connectivity index (χ2n) is 4.36. The van der Waals surface area contributed by atoms with Gasteiger partial charge in [0.2, 0.25) is 0 Å². The quantitative estimate of drug-likeness (QED) is 0.706. The van der Waals surface area contributed by atoms with Crippen molar-refractivity contribution in [2.75, 3.05) is 52.5 Å². The predicted octanol–water partition coefficient (Wildman–Crippen LogP) is 2.16. The van der Waals surface area contributed by atoms with Crippen molar-refractivity contribution in [2.24, 2.45) is 0 Å². The second kappa shape index (κ2) is 9.15. The highest BCUT2D eigenvalue weighted by atomic mass is 35.5. The molecule has 0 aliphatic rings. The Kier molecular flexibility index (Phi) is 7.82. The van der Waals surface area contributed by atoms with Crippen LogP contribution in [-0.2, 0) is 16.0 Å². The average molecular weight is 287 g/mol. The van der Waals surface area contributed by atoms with Crippen molar-refractivity contribution in [3.8, 4) is 0 Å². The van der Waals surface area contributed by atoms with Crippen LogP contribution in [0.15, 0.2) is 18.2 Å². The van der Waals surface area contributed by atoms with Gasteiger partial charge in [-0.25, -0.2) is 0 Å². The number of nitrogens with zero attached hydrogens (tertiary/aromatic N) is 1. The van der Waals surface area contributed by atoms with Crippen LogP contribution in [0.2, 0.25) is 5.02 Å². The van der Waals surface area contributed by atoms with Crippen molar-refractivity contribution < 1.29 is 9.47 Å². The van der Waals surface area contributed by atoms with Gasteiger partial charge in [-0.3, -0.25) is 0 Å². The molecule has 108 valence electrons. The van der Waals surface area contributed by atoms with Crippen LogP contribution in [-0.4, -0.2) is 47.6 Å². The molecule has 0 aliphatic heterocycles. The molecule has 0 amide bonds. The SMILES string of the molecule is COCCNCc1ccc(Cl)cc1N(C)CCOC. The normalized spacial score (nSPS) is 10.7. The van der Waals surface area contributed by atoms with Crippen LogP contribution in [0.25, 0.3) is 0 Å². The maximum Gasteiger partial charge on any atom is 0.0637 e. The van der Waals surface area contributed by atoms with Crippen LogP contribution in [0.5, 0.6) is 0 Å². The van der Waals surface area contributed by atoms with Crippen LogP contribution in [0.3, 0.4) is 0 Å². The molecule has 1 N–H and O–H groups in total. The van der Waals surface area contributed by atoms with E-state index in [0.717, 1.165) is 30.3 Å². The monoisotopic (exact) mass is 286 g/mol. The van der Waals surface area contributed by atoms with E-state index in [1.807, 2.05) is 19.2 Å². The first-order chi connectivity index (χ1) is 9.19. The number of methoxy groups -OCH3 is 2. The summed E-state index contributed by atoms with van der Waals surface area (Å²) in [5.74, 6) is 0. The van der Waals surface area contributed by atoms with E-state index in [1.165, 1.54) is 5.56 Å². The molecule has 0 atom stereocenters. The second-order valence-corrected chi connectivity index (χ2v) is 4.79. The van der Waals surface area contributed by atoms with Gasteiger partial charge in [0.15, 0.2) is 0 Å². The lowest BCUT2D eigenvalue weighted by Crippen LogP contribution is -2.25. The molecular weight excluding hydrogens is 264 g/mol. The molecule has 0 aromatic heterocycles. The zero-order chi connectivity index (χ0) is 14.1. The van der Waals surface area contributed by atoms with E-state index in [-0.39, 0.29) is 0 Å². The summed E-state index contributed by atoms with van der Waals surface area (Å²) < 4.78 is 10.1. The van der Waals surface area contributed by atoms with E-state index >= 15 is 0 Å². The van der Waals surface area contributed by atoms with Gasteiger partial charge in [-0.2, -0.15) is 0 Å². The van der Waals surface area contributed by atoms with E-state index in [2.05, 4.69) is 16.3 Å². The van der Waals surface area contributed by atoms with Crippen LogP contribution < -0.4 is 10.2 Å². The Morgan fingerprint density at radius 1 is 1.21 bits per heavy atom. The molecular formula is C14H23ClN2O2. The van der Waals surface area contributed by atoms with E-state index in [1.54, 1.807) is 14.2 Å². The minimum atomic E-state index is 0.694. The number of nitrogens with one attached hydrogen (secondary N) is 1. The van der Waals surface area contributed by atoms with Crippen molar-refractivity contribution >= 4 is 17.3 Å². The number of likely N-dealkylation sites (N-methyl/N-ethyl adjacent to an activating group) is 1. The van der Waals surface area contributed by atoms with E-state index in [9.17, 15) is 0 Å². The average Bonchev–Trinajstić information content (AvgIpc) is 2.42. The summed E-state index contributed by atoms with van der Waals surface area (Å²) in [5, 5.41) is 4.10. The molecule has 1 rings (SSSR count). The minimum absolute atomic E-state index is 0.694. The van der Waals surface area contributed by atoms with E-state index in [0.29, 0.717) is 13.2 Å². The molecule has 0 spiro atoms. The molecule has 19 heavy (non-hydrogen) atoms. The van der Waals surface area contributed by atoms with Crippen LogP contribution in [0.4, 0.5) is 5.69 Å². The molecule has 0 radical (unpaired) electrons. The molecule has 1 aromatic carbocycles. The Hall–Kier alpha value is -0.810. The molecule has 1 aromatic rings. The molecule has 0 saturated heterocycles. The third kappa shape index (κ3) is 5.78. The van der Waals surface area contributed by atoms with Gasteiger partial charge >= 0.3 is 0 Å². The van der Waals surface area contributed by atoms with Crippen molar-refractivity contribution in [1.82, 2.24) is 5.32 Å². The molecule has 0 fully saturated rings. The highest BCUT2D eigenvalue weighted by Gasteiger charge is 2.08. The Morgan fingerprint density at radius 3 is 2.63 bits per heavy atom. The maximum atomic E-state index is 6.08. The molecule has 0 heterocycles. The summed E-state index contributed by atoms with van der Waals surface area (Å²) in [6.07, 6.45) is 0. The van der Waals surface area contributed by atoms with Crippen molar-refractivity contribution in [3.05, 3.63) is 28.8 Å². The van der Waals surface area contributed by atoms with E-state index < -0.39 is 0 Å². The first kappa shape index (κ1) is 16.2. The molecule has 5 heteroatoms. The standard InChI is InChI=1S/C14H23ClN2O2/c1-17(7-9-19-3)14-10-13(15)5-4-12(14)11-16-6-8-18-2/h4-5,10,16H,6-9,11H2,1-3H3. The summed E-state index contributed by atoms with van der Waals surface area (Å²) in [7, 11) is 5.45. The molecule has 0 saturated carbocycles. The number of hydrogen-bond acceptors (Lipinski definition) is 4. The van der Waals surface area contributed by atoms with Crippen LogP contribution in [0.1, 0.15) is 5.56 Å². The van der Waals surface area contributed by atoms with Gasteiger partial charge in [0, 0.05) is 51.6 Å². The largest absolute Gasteiger partial charge is 0.383 e. The number of hydrogen-bond donors (Lipinski definition) is 1. The fourth-order valence-electron chi connectivity index (χ4n) is 1.79. The smallest absolute Gasteiger partial charge is 0.0637 e. The lowest BCUT2D eigenvalue weighted by atomic mass is 10.1. The zero-order valence-electron chi connectivity index (χ0n) is 11.9. The fourth-order valence-corrected chi connectivity index (χ4v) is 1.95. The lowest BCUT2D eigenvalue weighted by Gasteiger charge is -2.22. The van der Waals surface area contributed by atoms with Gasteiger partial charge in [0.25, 0.3) is 0 Å². The summed E-state index contributed by atoms with van der Waals surface area (Å²) in [4.78, 5) is 2.16. The topological polar surface area (TPSA) is 33.7 Å². The maximum absolute atomic E-state index is 6.08. The predicted molar refractivity (Wildman–Crippen MR) is 80.2 cm³/mol. The number of rotatable bonds is 9. The summed E-state index contributed by atoms with van der Waals surface area (Å²) in [6.45, 7) is 3.87. The van der Waals surface area contributed by atoms with Crippen LogP contribution in [0, 0.1) is 0 Å². The highest BCUT2D eigenvalue weighted by Crippen LogP contribution is 2.24. The summed E-state index contributed by atoms with van der Waals surface area (Å²) >= 11 is 6.08. The highest BCUT2D eigenvalue weighted by molar-refractivity contribution is 6.30. The first-order valence-corrected chi connectivity index (χ1v) is 6.75. The van der Waals surface area contributed by atoms with Gasteiger partial charge in [0.05, 0.1) is 13.2 Å². The number of halogens is 1. The zero-order valence-corrected chi connectivity index (χ0v) is 12.7. The van der Waals surface area contributed by atoms with E-state index in [4.69, 9.17) is 21.1 Å².